The molecule has 1 aromatic carbocycles. The molecule has 0 spiro atoms. The Labute approximate surface area is 225 Å². The largest absolute Gasteiger partial charge is 0.476 e. The van der Waals surface area contributed by atoms with Gasteiger partial charge in [-0.1, -0.05) is 50.7 Å². The number of hydrogen-bond donors (Lipinski definition) is 1. The predicted octanol–water partition coefficient (Wildman–Crippen LogP) is 6.43. The highest BCUT2D eigenvalue weighted by molar-refractivity contribution is 5.88. The number of piperidine rings is 2. The first kappa shape index (κ1) is 24.8. The van der Waals surface area contributed by atoms with Crippen molar-refractivity contribution < 1.29 is 9.90 Å². The van der Waals surface area contributed by atoms with Crippen LogP contribution in [0.2, 0.25) is 0 Å². The van der Waals surface area contributed by atoms with Crippen LogP contribution in [-0.2, 0) is 0 Å². The molecular weight excluding hydrogens is 474 g/mol. The molecule has 3 heterocycles. The summed E-state index contributed by atoms with van der Waals surface area (Å²) in [7, 11) is 0. The van der Waals surface area contributed by atoms with Gasteiger partial charge in [0.05, 0.1) is 11.0 Å². The molecule has 2 aromatic rings. The van der Waals surface area contributed by atoms with Crippen LogP contribution < -0.4 is 5.56 Å². The van der Waals surface area contributed by atoms with Crippen molar-refractivity contribution in [2.75, 3.05) is 0 Å². The summed E-state index contributed by atoms with van der Waals surface area (Å²) in [5, 5.41) is 9.72. The molecule has 3 unspecified atom stereocenters. The number of benzene rings is 1. The lowest BCUT2D eigenvalue weighted by Gasteiger charge is -2.56. The molecule has 7 rings (SSSR count). The van der Waals surface area contributed by atoms with Gasteiger partial charge in [0.1, 0.15) is 0 Å². The average Bonchev–Trinajstić information content (AvgIpc) is 2.92. The van der Waals surface area contributed by atoms with Gasteiger partial charge < -0.3 is 9.67 Å². The van der Waals surface area contributed by atoms with E-state index in [1.807, 2.05) is 24.3 Å². The van der Waals surface area contributed by atoms with E-state index in [9.17, 15) is 14.7 Å². The van der Waals surface area contributed by atoms with E-state index in [0.717, 1.165) is 42.0 Å². The van der Waals surface area contributed by atoms with E-state index >= 15 is 0 Å². The number of carboxylic acids is 1. The van der Waals surface area contributed by atoms with Crippen molar-refractivity contribution in [3.63, 3.8) is 0 Å². The molecule has 0 amide bonds. The Morgan fingerprint density at radius 2 is 1.42 bits per heavy atom. The summed E-state index contributed by atoms with van der Waals surface area (Å²) in [5.41, 5.74) is 0.599. The van der Waals surface area contributed by atoms with E-state index in [2.05, 4.69) is 9.88 Å². The summed E-state index contributed by atoms with van der Waals surface area (Å²) in [6.45, 7) is 0. The molecule has 2 saturated heterocycles. The molecule has 204 valence electrons. The second-order valence-corrected chi connectivity index (χ2v) is 13.5. The zero-order valence-electron chi connectivity index (χ0n) is 22.6. The van der Waals surface area contributed by atoms with Crippen molar-refractivity contribution in [1.82, 2.24) is 14.5 Å². The quantitative estimate of drug-likeness (QED) is 0.506. The predicted molar refractivity (Wildman–Crippen MR) is 148 cm³/mol. The van der Waals surface area contributed by atoms with Crippen molar-refractivity contribution >= 4 is 17.0 Å². The standard InChI is InChI=1S/C32H43N3O3/c36-31-30(32(37)38)33-28-11-4-5-12-29(28)35(31)27-18-24-9-6-10-25(19-27)34(24)26-16-20-13-21(17-26)15-23(14-20)22-7-2-1-3-8-22/h4-5,11-12,20-27H,1-3,6-10,13-19H2,(H,37,38)/t20-,21+,23?,24-,25+,26?,27?. The van der Waals surface area contributed by atoms with Gasteiger partial charge in [0.15, 0.2) is 0 Å². The summed E-state index contributed by atoms with van der Waals surface area (Å²) in [4.78, 5) is 32.5. The van der Waals surface area contributed by atoms with Crippen molar-refractivity contribution in [2.45, 2.75) is 120 Å². The first-order valence-electron chi connectivity index (χ1n) is 15.6. The maximum absolute atomic E-state index is 13.4. The summed E-state index contributed by atoms with van der Waals surface area (Å²) in [5.74, 6) is 2.57. The fourth-order valence-corrected chi connectivity index (χ4v) is 9.95. The molecule has 6 nitrogen and oxygen atoms in total. The number of carboxylic acid groups (broad SMARTS) is 1. The van der Waals surface area contributed by atoms with Crippen molar-refractivity contribution in [1.29, 1.82) is 0 Å². The molecule has 3 aliphatic carbocycles. The molecule has 1 aromatic heterocycles. The normalized spacial score (nSPS) is 36.3. The second kappa shape index (κ2) is 10.1. The summed E-state index contributed by atoms with van der Waals surface area (Å²) >= 11 is 0. The monoisotopic (exact) mass is 517 g/mol. The minimum Gasteiger partial charge on any atom is -0.476 e. The van der Waals surface area contributed by atoms with Crippen LogP contribution in [0.1, 0.15) is 113 Å². The van der Waals surface area contributed by atoms with Crippen LogP contribution in [0.25, 0.3) is 11.0 Å². The second-order valence-electron chi connectivity index (χ2n) is 13.5. The van der Waals surface area contributed by atoms with E-state index in [1.165, 1.54) is 83.5 Å². The summed E-state index contributed by atoms with van der Waals surface area (Å²) < 4.78 is 1.80. The topological polar surface area (TPSA) is 75.4 Å². The van der Waals surface area contributed by atoms with Gasteiger partial charge in [-0.05, 0) is 93.6 Å². The zero-order chi connectivity index (χ0) is 25.8. The minimum atomic E-state index is -1.23. The Morgan fingerprint density at radius 1 is 0.737 bits per heavy atom. The van der Waals surface area contributed by atoms with Gasteiger partial charge >= 0.3 is 5.97 Å². The number of fused-ring (bicyclic) bond motifs is 5. The lowest BCUT2D eigenvalue weighted by Crippen LogP contribution is -2.59. The van der Waals surface area contributed by atoms with Crippen LogP contribution in [0.4, 0.5) is 0 Å². The maximum Gasteiger partial charge on any atom is 0.360 e. The molecule has 38 heavy (non-hydrogen) atoms. The van der Waals surface area contributed by atoms with Gasteiger partial charge in [0.2, 0.25) is 5.69 Å². The Morgan fingerprint density at radius 3 is 2.11 bits per heavy atom. The van der Waals surface area contributed by atoms with Crippen LogP contribution in [0.5, 0.6) is 0 Å². The Bertz CT molecular complexity index is 1220. The zero-order valence-corrected chi connectivity index (χ0v) is 22.6. The first-order chi connectivity index (χ1) is 18.5. The third-order valence-corrected chi connectivity index (χ3v) is 11.3. The smallest absolute Gasteiger partial charge is 0.360 e. The number of aromatic carboxylic acids is 1. The molecule has 0 radical (unpaired) electrons. The van der Waals surface area contributed by atoms with E-state index in [1.54, 1.807) is 4.57 Å². The molecule has 3 saturated carbocycles. The highest BCUT2D eigenvalue weighted by Crippen LogP contribution is 2.51. The SMILES string of the molecule is O=C(O)c1nc2ccccc2n(C2C[C@H]3CCC[C@@H](C2)N3C2C[C@H]3CC(C4CCCCC4)C[C@@H](C2)C3)c1=O. The lowest BCUT2D eigenvalue weighted by molar-refractivity contribution is -0.0571. The first-order valence-corrected chi connectivity index (χ1v) is 15.6. The number of carbonyl (C=O) groups is 1. The van der Waals surface area contributed by atoms with Crippen molar-refractivity contribution in [3.8, 4) is 0 Å². The van der Waals surface area contributed by atoms with Gasteiger partial charge in [0.25, 0.3) is 5.56 Å². The molecule has 5 fully saturated rings. The molecule has 5 aliphatic rings. The van der Waals surface area contributed by atoms with Crippen LogP contribution in [-0.4, -0.2) is 43.7 Å². The summed E-state index contributed by atoms with van der Waals surface area (Å²) in [6, 6.07) is 9.29. The van der Waals surface area contributed by atoms with Crippen LogP contribution in [0.3, 0.4) is 0 Å². The average molecular weight is 518 g/mol. The molecular formula is C32H43N3O3. The maximum atomic E-state index is 13.4. The Hall–Kier alpha value is -2.21. The van der Waals surface area contributed by atoms with Gasteiger partial charge in [-0.3, -0.25) is 9.69 Å². The van der Waals surface area contributed by atoms with E-state index in [-0.39, 0.29) is 11.7 Å². The molecule has 1 N–H and O–H groups in total. The van der Waals surface area contributed by atoms with Gasteiger partial charge in [-0.15, -0.1) is 0 Å². The molecule has 2 aliphatic heterocycles. The van der Waals surface area contributed by atoms with Crippen LogP contribution >= 0.6 is 0 Å². The molecule has 6 heteroatoms. The van der Waals surface area contributed by atoms with Crippen molar-refractivity contribution in [3.05, 3.63) is 40.3 Å². The van der Waals surface area contributed by atoms with E-state index < -0.39 is 11.5 Å². The fraction of sp³-hybridized carbons (Fsp3) is 0.719. The summed E-state index contributed by atoms with van der Waals surface area (Å²) in [6.07, 6.45) is 20.1. The number of para-hydroxylation sites is 2. The minimum absolute atomic E-state index is 0.0406. The lowest BCUT2D eigenvalue weighted by atomic mass is 9.61. The number of nitrogens with zero attached hydrogens (tertiary/aromatic N) is 3. The van der Waals surface area contributed by atoms with Crippen LogP contribution in [0.15, 0.2) is 29.1 Å². The van der Waals surface area contributed by atoms with Gasteiger partial charge in [0, 0.05) is 24.2 Å². The number of hydrogen-bond acceptors (Lipinski definition) is 4. The highest BCUT2D eigenvalue weighted by atomic mass is 16.4. The molecule has 4 bridgehead atoms. The van der Waals surface area contributed by atoms with Gasteiger partial charge in [-0.2, -0.15) is 0 Å². The van der Waals surface area contributed by atoms with E-state index in [4.69, 9.17) is 0 Å². The third kappa shape index (κ3) is 4.41. The highest BCUT2D eigenvalue weighted by Gasteiger charge is 2.47. The van der Waals surface area contributed by atoms with Crippen LogP contribution in [0, 0.1) is 23.7 Å². The van der Waals surface area contributed by atoms with Crippen molar-refractivity contribution in [2.24, 2.45) is 23.7 Å². The van der Waals surface area contributed by atoms with Gasteiger partial charge in [-0.25, -0.2) is 9.78 Å². The number of rotatable bonds is 4. The molecule has 7 atom stereocenters. The number of aromatic nitrogens is 2. The Kier molecular flexibility index (Phi) is 6.58. The van der Waals surface area contributed by atoms with E-state index in [0.29, 0.717) is 23.6 Å². The fourth-order valence-electron chi connectivity index (χ4n) is 9.95. The Balaban J connectivity index is 1.12. The third-order valence-electron chi connectivity index (χ3n) is 11.3.